The Morgan fingerprint density at radius 1 is 1.33 bits per heavy atom. The van der Waals surface area contributed by atoms with E-state index in [9.17, 15) is 19.7 Å². The number of nitro benzene ring substituents is 1. The molecule has 0 saturated heterocycles. The van der Waals surface area contributed by atoms with E-state index in [0.717, 1.165) is 11.0 Å². The molecule has 0 atom stereocenters. The van der Waals surface area contributed by atoms with Crippen molar-refractivity contribution in [2.24, 2.45) is 0 Å². The summed E-state index contributed by atoms with van der Waals surface area (Å²) >= 11 is 7.06. The van der Waals surface area contributed by atoms with E-state index in [1.807, 2.05) is 0 Å². The first kappa shape index (κ1) is 20.4. The van der Waals surface area contributed by atoms with Crippen molar-refractivity contribution in [2.75, 3.05) is 18.5 Å². The lowest BCUT2D eigenvalue weighted by Gasteiger charge is -2.08. The second-order valence-corrected chi connectivity index (χ2v) is 6.75. The largest absolute Gasteiger partial charge is 0.494 e. The molecular weight excluding hydrogens is 396 g/mol. The zero-order valence-corrected chi connectivity index (χ0v) is 15.7. The van der Waals surface area contributed by atoms with E-state index < -0.39 is 23.4 Å². The summed E-state index contributed by atoms with van der Waals surface area (Å²) in [7, 11) is 0. The fourth-order valence-corrected chi connectivity index (χ4v) is 2.93. The first-order chi connectivity index (χ1) is 12.9. The van der Waals surface area contributed by atoms with Gasteiger partial charge in [-0.2, -0.15) is 0 Å². The van der Waals surface area contributed by atoms with Gasteiger partial charge in [0, 0.05) is 11.0 Å². The van der Waals surface area contributed by atoms with Crippen molar-refractivity contribution in [2.45, 2.75) is 6.92 Å². The molecule has 2 aromatic rings. The summed E-state index contributed by atoms with van der Waals surface area (Å²) in [4.78, 5) is 34.8. The van der Waals surface area contributed by atoms with Crippen LogP contribution in [0.5, 0.6) is 5.75 Å². The minimum atomic E-state index is -0.726. The van der Waals surface area contributed by atoms with Crippen molar-refractivity contribution in [1.29, 1.82) is 0 Å². The molecule has 1 amide bonds. The third kappa shape index (κ3) is 6.39. The van der Waals surface area contributed by atoms with Gasteiger partial charge in [-0.1, -0.05) is 11.6 Å². The Labute approximate surface area is 163 Å². The van der Waals surface area contributed by atoms with Crippen LogP contribution in [0.3, 0.4) is 0 Å². The highest BCUT2D eigenvalue weighted by Gasteiger charge is 2.18. The van der Waals surface area contributed by atoms with E-state index in [-0.39, 0.29) is 11.4 Å². The van der Waals surface area contributed by atoms with Gasteiger partial charge in [-0.05, 0) is 37.3 Å². The predicted molar refractivity (Wildman–Crippen MR) is 102 cm³/mol. The number of amides is 1. The SMILES string of the molecule is CCOc1ccc(NC(=O)COC(=O)C=Cc2ccc(Cl)s2)c([N+](=O)[O-])c1. The third-order valence-corrected chi connectivity index (χ3v) is 4.27. The Hall–Kier alpha value is -2.91. The molecule has 27 heavy (non-hydrogen) atoms. The number of benzene rings is 1. The van der Waals surface area contributed by atoms with Gasteiger partial charge in [0.2, 0.25) is 0 Å². The Morgan fingerprint density at radius 3 is 2.74 bits per heavy atom. The molecule has 8 nitrogen and oxygen atoms in total. The van der Waals surface area contributed by atoms with Gasteiger partial charge < -0.3 is 14.8 Å². The summed E-state index contributed by atoms with van der Waals surface area (Å²) in [6, 6.07) is 7.47. The number of halogens is 1. The van der Waals surface area contributed by atoms with E-state index in [1.165, 1.54) is 35.6 Å². The molecule has 0 aliphatic carbocycles. The van der Waals surface area contributed by atoms with Crippen molar-refractivity contribution in [3.63, 3.8) is 0 Å². The standard InChI is InChI=1S/C17H15ClN2O6S/c1-2-25-11-3-6-13(14(9-11)20(23)24)19-16(21)10-26-17(22)8-5-12-4-7-15(18)27-12/h3-9H,2,10H2,1H3,(H,19,21). The minimum Gasteiger partial charge on any atom is -0.494 e. The lowest BCUT2D eigenvalue weighted by Crippen LogP contribution is -2.20. The number of hydrogen-bond acceptors (Lipinski definition) is 7. The minimum absolute atomic E-state index is 0.0201. The number of nitrogens with one attached hydrogen (secondary N) is 1. The van der Waals surface area contributed by atoms with Crippen LogP contribution in [0.15, 0.2) is 36.4 Å². The van der Waals surface area contributed by atoms with E-state index in [1.54, 1.807) is 19.1 Å². The smallest absolute Gasteiger partial charge is 0.331 e. The van der Waals surface area contributed by atoms with Crippen LogP contribution < -0.4 is 10.1 Å². The zero-order chi connectivity index (χ0) is 19.8. The van der Waals surface area contributed by atoms with E-state index in [0.29, 0.717) is 16.7 Å². The maximum atomic E-state index is 11.9. The summed E-state index contributed by atoms with van der Waals surface area (Å²) in [6.07, 6.45) is 2.67. The molecule has 0 aliphatic heterocycles. The Bertz CT molecular complexity index is 880. The maximum absolute atomic E-state index is 11.9. The third-order valence-electron chi connectivity index (χ3n) is 3.07. The molecule has 142 valence electrons. The zero-order valence-electron chi connectivity index (χ0n) is 14.1. The predicted octanol–water partition coefficient (Wildman–Crippen LogP) is 3.90. The second kappa shape index (κ2) is 9.70. The Kier molecular flexibility index (Phi) is 7.33. The second-order valence-electron chi connectivity index (χ2n) is 5.00. The van der Waals surface area contributed by atoms with Gasteiger partial charge in [-0.25, -0.2) is 4.79 Å². The molecule has 0 radical (unpaired) electrons. The van der Waals surface area contributed by atoms with Crippen molar-refractivity contribution in [3.05, 3.63) is 55.7 Å². The highest BCUT2D eigenvalue weighted by molar-refractivity contribution is 7.17. The number of rotatable bonds is 8. The average Bonchev–Trinajstić information content (AvgIpc) is 3.05. The van der Waals surface area contributed by atoms with Crippen LogP contribution in [0.1, 0.15) is 11.8 Å². The summed E-state index contributed by atoms with van der Waals surface area (Å²) in [5, 5.41) is 13.5. The van der Waals surface area contributed by atoms with Crippen molar-refractivity contribution in [1.82, 2.24) is 0 Å². The molecule has 1 N–H and O–H groups in total. The number of nitrogens with zero attached hydrogens (tertiary/aromatic N) is 1. The number of hydrogen-bond donors (Lipinski definition) is 1. The molecule has 0 bridgehead atoms. The fraction of sp³-hybridized carbons (Fsp3) is 0.176. The van der Waals surface area contributed by atoms with Crippen LogP contribution in [0.2, 0.25) is 4.34 Å². The lowest BCUT2D eigenvalue weighted by atomic mass is 10.2. The fourth-order valence-electron chi connectivity index (χ4n) is 1.96. The first-order valence-electron chi connectivity index (χ1n) is 7.70. The van der Waals surface area contributed by atoms with Crippen molar-refractivity contribution in [3.8, 4) is 5.75 Å². The van der Waals surface area contributed by atoms with Gasteiger partial charge in [-0.3, -0.25) is 14.9 Å². The van der Waals surface area contributed by atoms with Crippen LogP contribution >= 0.6 is 22.9 Å². The van der Waals surface area contributed by atoms with Crippen molar-refractivity contribution < 1.29 is 24.0 Å². The Morgan fingerprint density at radius 2 is 2.11 bits per heavy atom. The van der Waals surface area contributed by atoms with E-state index >= 15 is 0 Å². The molecule has 0 saturated carbocycles. The number of nitro groups is 1. The van der Waals surface area contributed by atoms with Gasteiger partial charge in [0.1, 0.15) is 11.4 Å². The van der Waals surface area contributed by atoms with E-state index in [4.69, 9.17) is 21.1 Å². The summed E-state index contributed by atoms with van der Waals surface area (Å²) in [6.45, 7) is 1.51. The average molecular weight is 411 g/mol. The number of esters is 1. The molecule has 0 spiro atoms. The van der Waals surface area contributed by atoms with Gasteiger partial charge >= 0.3 is 5.97 Å². The van der Waals surface area contributed by atoms with E-state index in [2.05, 4.69) is 5.32 Å². The molecule has 2 rings (SSSR count). The molecule has 0 aliphatic rings. The Balaban J connectivity index is 1.92. The summed E-state index contributed by atoms with van der Waals surface area (Å²) < 4.78 is 10.6. The highest BCUT2D eigenvalue weighted by atomic mass is 35.5. The van der Waals surface area contributed by atoms with Crippen LogP contribution in [-0.2, 0) is 14.3 Å². The topological polar surface area (TPSA) is 108 Å². The number of thiophene rings is 1. The van der Waals surface area contributed by atoms with Crippen LogP contribution in [0, 0.1) is 10.1 Å². The normalized spacial score (nSPS) is 10.6. The van der Waals surface area contributed by atoms with Crippen LogP contribution in [-0.4, -0.2) is 30.0 Å². The lowest BCUT2D eigenvalue weighted by molar-refractivity contribution is -0.384. The number of carbonyl (C=O) groups is 2. The monoisotopic (exact) mass is 410 g/mol. The van der Waals surface area contributed by atoms with Crippen molar-refractivity contribution >= 4 is 52.3 Å². The maximum Gasteiger partial charge on any atom is 0.331 e. The first-order valence-corrected chi connectivity index (χ1v) is 8.89. The molecule has 0 unspecified atom stereocenters. The van der Waals surface area contributed by atoms with Crippen LogP contribution in [0.25, 0.3) is 6.08 Å². The molecule has 0 fully saturated rings. The quantitative estimate of drug-likeness (QED) is 0.306. The number of anilines is 1. The number of carbonyl (C=O) groups excluding carboxylic acids is 2. The van der Waals surface area contributed by atoms with Gasteiger partial charge in [0.05, 0.1) is 21.9 Å². The summed E-state index contributed by atoms with van der Waals surface area (Å²) in [5.41, 5.74) is -0.344. The molecule has 1 aromatic carbocycles. The highest BCUT2D eigenvalue weighted by Crippen LogP contribution is 2.29. The van der Waals surface area contributed by atoms with Gasteiger partial charge in [0.25, 0.3) is 11.6 Å². The molecule has 1 aromatic heterocycles. The number of ether oxygens (including phenoxy) is 2. The van der Waals surface area contributed by atoms with Gasteiger partial charge in [0.15, 0.2) is 6.61 Å². The molecular formula is C17H15ClN2O6S. The molecule has 10 heteroatoms. The molecule has 1 heterocycles. The van der Waals surface area contributed by atoms with Gasteiger partial charge in [-0.15, -0.1) is 11.3 Å². The van der Waals surface area contributed by atoms with Crippen LogP contribution in [0.4, 0.5) is 11.4 Å². The summed E-state index contributed by atoms with van der Waals surface area (Å²) in [5.74, 6) is -1.12.